The van der Waals surface area contributed by atoms with Gasteiger partial charge in [0.2, 0.25) is 0 Å². The second-order valence-electron chi connectivity index (χ2n) is 8.45. The van der Waals surface area contributed by atoms with Crippen LogP contribution in [-0.2, 0) is 18.7 Å². The molecule has 4 aromatic rings. The summed E-state index contributed by atoms with van der Waals surface area (Å²) in [6.07, 6.45) is 3.28. The van der Waals surface area contributed by atoms with Crippen molar-refractivity contribution in [3.8, 4) is 11.4 Å². The summed E-state index contributed by atoms with van der Waals surface area (Å²) in [6.45, 7) is 2.35. The third kappa shape index (κ3) is 7.06. The zero-order valence-corrected chi connectivity index (χ0v) is 23.0. The van der Waals surface area contributed by atoms with E-state index in [1.54, 1.807) is 19.2 Å². The first-order valence-electron chi connectivity index (χ1n) is 12.0. The van der Waals surface area contributed by atoms with E-state index in [0.29, 0.717) is 38.0 Å². The Morgan fingerprint density at radius 2 is 1.84 bits per heavy atom. The van der Waals surface area contributed by atoms with E-state index < -0.39 is 0 Å². The molecule has 0 saturated heterocycles. The van der Waals surface area contributed by atoms with Crippen molar-refractivity contribution in [2.24, 2.45) is 0 Å². The standard InChI is InChI=1S/C28H28Cl2N4O2S/c1-3-4-6-19-9-11-21(12-10-19)27(35)31-17-26-32-33-28(34(26)25-14-13-22(29)16-24(25)30)37-18-20-7-5-8-23(15-20)36-2/h5,7-16H,3-4,6,17-18H2,1-2H3,(H,31,35). The summed E-state index contributed by atoms with van der Waals surface area (Å²) >= 11 is 14.2. The molecule has 0 saturated carbocycles. The van der Waals surface area contributed by atoms with E-state index in [1.807, 2.05) is 59.2 Å². The predicted octanol–water partition coefficient (Wildman–Crippen LogP) is 7.15. The molecule has 0 unspecified atom stereocenters. The number of thioether (sulfide) groups is 1. The molecule has 0 aliphatic rings. The van der Waals surface area contributed by atoms with E-state index >= 15 is 0 Å². The van der Waals surface area contributed by atoms with Crippen LogP contribution in [0.3, 0.4) is 0 Å². The lowest BCUT2D eigenvalue weighted by Crippen LogP contribution is -2.24. The normalized spacial score (nSPS) is 10.9. The Bertz CT molecular complexity index is 1360. The number of rotatable bonds is 11. The van der Waals surface area contributed by atoms with E-state index in [1.165, 1.54) is 17.3 Å². The smallest absolute Gasteiger partial charge is 0.251 e. The number of amides is 1. The van der Waals surface area contributed by atoms with Gasteiger partial charge in [0, 0.05) is 16.3 Å². The van der Waals surface area contributed by atoms with Gasteiger partial charge in [-0.15, -0.1) is 10.2 Å². The fraction of sp³-hybridized carbons (Fsp3) is 0.250. The molecule has 1 N–H and O–H groups in total. The lowest BCUT2D eigenvalue weighted by molar-refractivity contribution is 0.0949. The Labute approximate surface area is 231 Å². The van der Waals surface area contributed by atoms with Gasteiger partial charge in [0.1, 0.15) is 5.75 Å². The van der Waals surface area contributed by atoms with Gasteiger partial charge in [-0.1, -0.05) is 72.6 Å². The Morgan fingerprint density at radius 3 is 2.57 bits per heavy atom. The van der Waals surface area contributed by atoms with Crippen molar-refractivity contribution in [2.45, 2.75) is 43.6 Å². The van der Waals surface area contributed by atoms with Gasteiger partial charge < -0.3 is 10.1 Å². The zero-order chi connectivity index (χ0) is 26.2. The number of ether oxygens (including phenoxy) is 1. The van der Waals surface area contributed by atoms with Crippen LogP contribution in [0.4, 0.5) is 0 Å². The fourth-order valence-electron chi connectivity index (χ4n) is 3.79. The Morgan fingerprint density at radius 1 is 1.03 bits per heavy atom. The molecule has 0 bridgehead atoms. The number of hydrogen-bond acceptors (Lipinski definition) is 5. The highest BCUT2D eigenvalue weighted by Gasteiger charge is 2.18. The Kier molecular flexibility index (Phi) is 9.50. The van der Waals surface area contributed by atoms with Gasteiger partial charge in [0.15, 0.2) is 11.0 Å². The molecule has 192 valence electrons. The molecule has 4 rings (SSSR count). The number of aromatic nitrogens is 3. The molecule has 6 nitrogen and oxygen atoms in total. The van der Waals surface area contributed by atoms with Crippen LogP contribution in [0.25, 0.3) is 5.69 Å². The minimum atomic E-state index is -0.177. The largest absolute Gasteiger partial charge is 0.497 e. The SMILES string of the molecule is CCCCc1ccc(C(=O)NCc2nnc(SCc3cccc(OC)c3)n2-c2ccc(Cl)cc2Cl)cc1. The van der Waals surface area contributed by atoms with Gasteiger partial charge in [-0.3, -0.25) is 9.36 Å². The van der Waals surface area contributed by atoms with Gasteiger partial charge in [0.05, 0.1) is 24.4 Å². The van der Waals surface area contributed by atoms with Gasteiger partial charge in [0.25, 0.3) is 5.91 Å². The van der Waals surface area contributed by atoms with Crippen molar-refractivity contribution in [2.75, 3.05) is 7.11 Å². The summed E-state index contributed by atoms with van der Waals surface area (Å²) in [6, 6.07) is 20.9. The van der Waals surface area contributed by atoms with Crippen molar-refractivity contribution < 1.29 is 9.53 Å². The number of nitrogens with one attached hydrogen (secondary N) is 1. The summed E-state index contributed by atoms with van der Waals surface area (Å²) < 4.78 is 7.19. The molecular weight excluding hydrogens is 527 g/mol. The van der Waals surface area contributed by atoms with Gasteiger partial charge >= 0.3 is 0 Å². The summed E-state index contributed by atoms with van der Waals surface area (Å²) in [7, 11) is 1.65. The molecule has 0 fully saturated rings. The number of carbonyl (C=O) groups is 1. The maximum atomic E-state index is 12.9. The van der Waals surface area contributed by atoms with Crippen molar-refractivity contribution in [3.05, 3.63) is 99.3 Å². The van der Waals surface area contributed by atoms with Crippen LogP contribution in [0.15, 0.2) is 71.9 Å². The number of aryl methyl sites for hydroxylation is 1. The number of unbranched alkanes of at least 4 members (excludes halogenated alkanes) is 1. The number of hydrogen-bond donors (Lipinski definition) is 1. The summed E-state index contributed by atoms with van der Waals surface area (Å²) in [4.78, 5) is 12.9. The molecule has 1 aromatic heterocycles. The maximum Gasteiger partial charge on any atom is 0.251 e. The summed E-state index contributed by atoms with van der Waals surface area (Å²) in [5.74, 6) is 1.83. The van der Waals surface area contributed by atoms with E-state index in [2.05, 4.69) is 22.4 Å². The first kappa shape index (κ1) is 27.0. The third-order valence-electron chi connectivity index (χ3n) is 5.80. The first-order valence-corrected chi connectivity index (χ1v) is 13.7. The van der Waals surface area contributed by atoms with E-state index in [0.717, 1.165) is 30.6 Å². The van der Waals surface area contributed by atoms with Crippen LogP contribution >= 0.6 is 35.0 Å². The van der Waals surface area contributed by atoms with Crippen molar-refractivity contribution in [3.63, 3.8) is 0 Å². The van der Waals surface area contributed by atoms with Crippen LogP contribution in [0.5, 0.6) is 5.75 Å². The molecule has 0 atom stereocenters. The zero-order valence-electron chi connectivity index (χ0n) is 20.7. The average Bonchev–Trinajstić information content (AvgIpc) is 3.32. The predicted molar refractivity (Wildman–Crippen MR) is 150 cm³/mol. The Hall–Kier alpha value is -3.00. The number of methoxy groups -OCH3 is 1. The highest BCUT2D eigenvalue weighted by Crippen LogP contribution is 2.31. The second-order valence-corrected chi connectivity index (χ2v) is 10.2. The molecule has 0 aliphatic heterocycles. The highest BCUT2D eigenvalue weighted by atomic mass is 35.5. The number of nitrogens with zero attached hydrogens (tertiary/aromatic N) is 3. The first-order chi connectivity index (χ1) is 18.0. The fourth-order valence-corrected chi connectivity index (χ4v) is 5.19. The van der Waals surface area contributed by atoms with E-state index in [9.17, 15) is 4.79 Å². The minimum Gasteiger partial charge on any atom is -0.497 e. The quantitative estimate of drug-likeness (QED) is 0.199. The van der Waals surface area contributed by atoms with Gasteiger partial charge in [-0.2, -0.15) is 0 Å². The van der Waals surface area contributed by atoms with Crippen LogP contribution in [0, 0.1) is 0 Å². The van der Waals surface area contributed by atoms with E-state index in [4.69, 9.17) is 27.9 Å². The molecule has 0 spiro atoms. The Balaban J connectivity index is 1.54. The lowest BCUT2D eigenvalue weighted by atomic mass is 10.1. The topological polar surface area (TPSA) is 69.0 Å². The number of halogens is 2. The highest BCUT2D eigenvalue weighted by molar-refractivity contribution is 7.98. The molecule has 0 radical (unpaired) electrons. The van der Waals surface area contributed by atoms with Crippen LogP contribution < -0.4 is 10.1 Å². The average molecular weight is 556 g/mol. The summed E-state index contributed by atoms with van der Waals surface area (Å²) in [5.41, 5.74) is 3.60. The lowest BCUT2D eigenvalue weighted by Gasteiger charge is -2.13. The van der Waals surface area contributed by atoms with Crippen LogP contribution in [0.1, 0.15) is 47.1 Å². The third-order valence-corrected chi connectivity index (χ3v) is 7.33. The van der Waals surface area contributed by atoms with Crippen molar-refractivity contribution in [1.29, 1.82) is 0 Å². The van der Waals surface area contributed by atoms with Crippen LogP contribution in [0.2, 0.25) is 10.0 Å². The van der Waals surface area contributed by atoms with Crippen molar-refractivity contribution in [1.82, 2.24) is 20.1 Å². The molecular formula is C28H28Cl2N4O2S. The number of carbonyl (C=O) groups excluding carboxylic acids is 1. The molecule has 9 heteroatoms. The summed E-state index contributed by atoms with van der Waals surface area (Å²) in [5, 5.41) is 13.4. The maximum absolute atomic E-state index is 12.9. The molecule has 1 heterocycles. The molecule has 37 heavy (non-hydrogen) atoms. The van der Waals surface area contributed by atoms with Gasteiger partial charge in [-0.25, -0.2) is 0 Å². The molecule has 0 aliphatic carbocycles. The van der Waals surface area contributed by atoms with Crippen molar-refractivity contribution >= 4 is 40.9 Å². The molecule has 1 amide bonds. The molecule has 3 aromatic carbocycles. The monoisotopic (exact) mass is 554 g/mol. The second kappa shape index (κ2) is 13.0. The van der Waals surface area contributed by atoms with E-state index in [-0.39, 0.29) is 12.5 Å². The van der Waals surface area contributed by atoms with Crippen LogP contribution in [-0.4, -0.2) is 27.8 Å². The number of benzene rings is 3. The van der Waals surface area contributed by atoms with Gasteiger partial charge in [-0.05, 0) is 66.4 Å². The minimum absolute atomic E-state index is 0.177.